The quantitative estimate of drug-likeness (QED) is 0.844. The van der Waals surface area contributed by atoms with Crippen molar-refractivity contribution in [2.75, 3.05) is 6.54 Å². The smallest absolute Gasteiger partial charge is 0.207 e. The Morgan fingerprint density at radius 2 is 2.06 bits per heavy atom. The average molecular weight is 267 g/mol. The van der Waals surface area contributed by atoms with E-state index in [1.165, 1.54) is 0 Å². The van der Waals surface area contributed by atoms with Gasteiger partial charge >= 0.3 is 0 Å². The summed E-state index contributed by atoms with van der Waals surface area (Å²) in [6.07, 6.45) is 1.94. The number of benzene rings is 1. The monoisotopic (exact) mass is 267 g/mol. The van der Waals surface area contributed by atoms with Crippen molar-refractivity contribution in [1.82, 2.24) is 4.31 Å². The second kappa shape index (κ2) is 5.02. The van der Waals surface area contributed by atoms with Gasteiger partial charge in [-0.25, -0.2) is 8.42 Å². The molecule has 0 N–H and O–H groups in total. The van der Waals surface area contributed by atoms with Crippen molar-refractivity contribution in [3.63, 3.8) is 0 Å². The van der Waals surface area contributed by atoms with Gasteiger partial charge in [0.25, 0.3) is 0 Å². The third kappa shape index (κ3) is 2.45. The van der Waals surface area contributed by atoms with Crippen LogP contribution in [0.25, 0.3) is 0 Å². The third-order valence-corrected chi connectivity index (χ3v) is 5.53. The van der Waals surface area contributed by atoms with E-state index in [4.69, 9.17) is 0 Å². The number of hydrogen-bond donors (Lipinski definition) is 0. The first-order valence-corrected chi connectivity index (χ1v) is 7.95. The molecule has 0 spiro atoms. The molecule has 4 heteroatoms. The van der Waals surface area contributed by atoms with Crippen LogP contribution in [0.5, 0.6) is 0 Å². The highest BCUT2D eigenvalue weighted by molar-refractivity contribution is 7.89. The van der Waals surface area contributed by atoms with Crippen molar-refractivity contribution in [2.24, 2.45) is 5.92 Å². The molecule has 18 heavy (non-hydrogen) atoms. The van der Waals surface area contributed by atoms with E-state index in [-0.39, 0.29) is 6.04 Å². The first-order valence-electron chi connectivity index (χ1n) is 6.51. The summed E-state index contributed by atoms with van der Waals surface area (Å²) in [4.78, 5) is 0.426. The molecule has 1 unspecified atom stereocenters. The molecule has 1 atom stereocenters. The Morgan fingerprint density at radius 3 is 2.67 bits per heavy atom. The number of aryl methyl sites for hydroxylation is 1. The van der Waals surface area contributed by atoms with E-state index in [1.807, 2.05) is 19.1 Å². The number of sulfonamides is 1. The van der Waals surface area contributed by atoms with Gasteiger partial charge in [0.1, 0.15) is 0 Å². The highest BCUT2D eigenvalue weighted by Gasteiger charge is 2.36. The standard InChI is InChI=1S/C14H21NO2S/c1-11(2)14-8-5-9-15(14)18(16,17)13-7-4-6-12(3)10-13/h4,6-7,10-11,14H,5,8-9H2,1-3H3. The third-order valence-electron chi connectivity index (χ3n) is 3.61. The molecule has 0 saturated carbocycles. The van der Waals surface area contributed by atoms with E-state index in [0.29, 0.717) is 17.4 Å². The molecule has 100 valence electrons. The SMILES string of the molecule is Cc1cccc(S(=O)(=O)N2CCCC2C(C)C)c1. The summed E-state index contributed by atoms with van der Waals surface area (Å²) in [5, 5.41) is 0. The average Bonchev–Trinajstić information content (AvgIpc) is 2.78. The maximum Gasteiger partial charge on any atom is 0.243 e. The molecule has 1 heterocycles. The first kappa shape index (κ1) is 13.6. The highest BCUT2D eigenvalue weighted by atomic mass is 32.2. The summed E-state index contributed by atoms with van der Waals surface area (Å²) in [6, 6.07) is 7.32. The zero-order chi connectivity index (χ0) is 13.3. The molecule has 2 rings (SSSR count). The fourth-order valence-corrected chi connectivity index (χ4v) is 4.57. The van der Waals surface area contributed by atoms with Gasteiger partial charge in [0, 0.05) is 12.6 Å². The van der Waals surface area contributed by atoms with Gasteiger partial charge in [-0.3, -0.25) is 0 Å². The molecule has 3 nitrogen and oxygen atoms in total. The van der Waals surface area contributed by atoms with Crippen molar-refractivity contribution in [3.8, 4) is 0 Å². The van der Waals surface area contributed by atoms with Crippen molar-refractivity contribution < 1.29 is 8.42 Å². The summed E-state index contributed by atoms with van der Waals surface area (Å²) < 4.78 is 26.9. The zero-order valence-electron chi connectivity index (χ0n) is 11.3. The van der Waals surface area contributed by atoms with Crippen LogP contribution in [0.1, 0.15) is 32.3 Å². The molecule has 1 fully saturated rings. The molecule has 1 aromatic carbocycles. The van der Waals surface area contributed by atoms with Gasteiger partial charge in [0.2, 0.25) is 10.0 Å². The second-order valence-electron chi connectivity index (χ2n) is 5.39. The van der Waals surface area contributed by atoms with Gasteiger partial charge in [-0.1, -0.05) is 26.0 Å². The minimum absolute atomic E-state index is 0.149. The van der Waals surface area contributed by atoms with Gasteiger partial charge in [0.15, 0.2) is 0 Å². The molecule has 0 bridgehead atoms. The van der Waals surface area contributed by atoms with Crippen molar-refractivity contribution >= 4 is 10.0 Å². The highest BCUT2D eigenvalue weighted by Crippen LogP contribution is 2.30. The van der Waals surface area contributed by atoms with Gasteiger partial charge in [-0.05, 0) is 43.4 Å². The summed E-state index contributed by atoms with van der Waals surface area (Å²) in [7, 11) is -3.32. The lowest BCUT2D eigenvalue weighted by Crippen LogP contribution is -2.38. The predicted molar refractivity (Wildman–Crippen MR) is 72.9 cm³/mol. The van der Waals surface area contributed by atoms with E-state index in [2.05, 4.69) is 13.8 Å². The van der Waals surface area contributed by atoms with Crippen LogP contribution < -0.4 is 0 Å². The molecule has 1 aliphatic rings. The van der Waals surface area contributed by atoms with Crippen molar-refractivity contribution in [3.05, 3.63) is 29.8 Å². The molecule has 1 aromatic rings. The lowest BCUT2D eigenvalue weighted by Gasteiger charge is -2.27. The molecule has 1 aliphatic heterocycles. The maximum atomic E-state index is 12.6. The fraction of sp³-hybridized carbons (Fsp3) is 0.571. The van der Waals surface area contributed by atoms with Crippen LogP contribution in [0, 0.1) is 12.8 Å². The Bertz CT molecular complexity index is 522. The van der Waals surface area contributed by atoms with Crippen LogP contribution in [-0.4, -0.2) is 25.3 Å². The van der Waals surface area contributed by atoms with Gasteiger partial charge in [-0.2, -0.15) is 4.31 Å². The Labute approximate surface area is 110 Å². The Hall–Kier alpha value is -0.870. The van der Waals surface area contributed by atoms with Crippen molar-refractivity contribution in [1.29, 1.82) is 0 Å². The molecule has 0 aliphatic carbocycles. The van der Waals surface area contributed by atoms with Gasteiger partial charge in [-0.15, -0.1) is 0 Å². The van der Waals surface area contributed by atoms with E-state index in [9.17, 15) is 8.42 Å². The second-order valence-corrected chi connectivity index (χ2v) is 7.28. The topological polar surface area (TPSA) is 37.4 Å². The Kier molecular flexibility index (Phi) is 3.78. The van der Waals surface area contributed by atoms with Crippen LogP contribution in [0.15, 0.2) is 29.2 Å². The van der Waals surface area contributed by atoms with E-state index >= 15 is 0 Å². The minimum Gasteiger partial charge on any atom is -0.207 e. The van der Waals surface area contributed by atoms with Crippen LogP contribution >= 0.6 is 0 Å². The molecular formula is C14H21NO2S. The van der Waals surface area contributed by atoms with Gasteiger partial charge in [0.05, 0.1) is 4.90 Å². The van der Waals surface area contributed by atoms with E-state index in [0.717, 1.165) is 18.4 Å². The van der Waals surface area contributed by atoms with Crippen LogP contribution in [0.2, 0.25) is 0 Å². The van der Waals surface area contributed by atoms with Crippen molar-refractivity contribution in [2.45, 2.75) is 44.6 Å². The zero-order valence-corrected chi connectivity index (χ0v) is 12.1. The summed E-state index contributed by atoms with van der Waals surface area (Å²) in [5.41, 5.74) is 0.983. The molecular weight excluding hydrogens is 246 g/mol. The molecule has 0 radical (unpaired) electrons. The van der Waals surface area contributed by atoms with Crippen LogP contribution in [-0.2, 0) is 10.0 Å². The molecule has 1 saturated heterocycles. The van der Waals surface area contributed by atoms with Crippen LogP contribution in [0.3, 0.4) is 0 Å². The van der Waals surface area contributed by atoms with Crippen LogP contribution in [0.4, 0.5) is 0 Å². The number of nitrogens with zero attached hydrogens (tertiary/aromatic N) is 1. The summed E-state index contributed by atoms with van der Waals surface area (Å²) in [5.74, 6) is 0.368. The van der Waals surface area contributed by atoms with E-state index < -0.39 is 10.0 Å². The lowest BCUT2D eigenvalue weighted by atomic mass is 10.0. The Morgan fingerprint density at radius 1 is 1.33 bits per heavy atom. The maximum absolute atomic E-state index is 12.6. The van der Waals surface area contributed by atoms with Gasteiger partial charge < -0.3 is 0 Å². The largest absolute Gasteiger partial charge is 0.243 e. The minimum atomic E-state index is -3.32. The number of hydrogen-bond acceptors (Lipinski definition) is 2. The molecule has 0 amide bonds. The van der Waals surface area contributed by atoms with E-state index in [1.54, 1.807) is 16.4 Å². The summed E-state index contributed by atoms with van der Waals surface area (Å²) >= 11 is 0. The normalized spacial score (nSPS) is 21.7. The Balaban J connectivity index is 2.37. The lowest BCUT2D eigenvalue weighted by molar-refractivity contribution is 0.316. The molecule has 0 aromatic heterocycles. The predicted octanol–water partition coefficient (Wildman–Crippen LogP) is 2.80. The first-order chi connectivity index (χ1) is 8.43. The summed E-state index contributed by atoms with van der Waals surface area (Å²) in [6.45, 7) is 6.76. The number of rotatable bonds is 3. The fourth-order valence-electron chi connectivity index (χ4n) is 2.64.